The molecule has 0 aliphatic rings. The number of hydrogen-bond acceptors (Lipinski definition) is 4. The van der Waals surface area contributed by atoms with E-state index in [4.69, 9.17) is 5.73 Å². The van der Waals surface area contributed by atoms with E-state index in [-0.39, 0.29) is 5.82 Å². The van der Waals surface area contributed by atoms with Crippen LogP contribution in [0, 0.1) is 11.7 Å². The van der Waals surface area contributed by atoms with E-state index >= 15 is 0 Å². The first kappa shape index (κ1) is 15.8. The van der Waals surface area contributed by atoms with Gasteiger partial charge in [-0.05, 0) is 36.1 Å². The Morgan fingerprint density at radius 1 is 1.33 bits per heavy atom. The third kappa shape index (κ3) is 3.73. The number of nitrogen functional groups attached to an aromatic ring is 1. The number of nitrogens with zero attached hydrogens (tertiary/aromatic N) is 2. The summed E-state index contributed by atoms with van der Waals surface area (Å²) in [4.78, 5) is 6.56. The lowest BCUT2D eigenvalue weighted by Gasteiger charge is -2.20. The summed E-state index contributed by atoms with van der Waals surface area (Å²) in [5, 5.41) is 1.51. The summed E-state index contributed by atoms with van der Waals surface area (Å²) in [5.41, 5.74) is 8.42. The van der Waals surface area contributed by atoms with Crippen LogP contribution in [0.5, 0.6) is 0 Å². The standard InChI is InChI=1S/C16H22FN3S/c1-5-11-6-12(8-13(17)7-11)14-15(21-16(18)19-14)20(4)9-10(2)3/h6-8,10H,5,9H2,1-4H3,(H2,18,19). The van der Waals surface area contributed by atoms with Crippen LogP contribution in [0.25, 0.3) is 11.3 Å². The number of thiazole rings is 1. The quantitative estimate of drug-likeness (QED) is 0.900. The number of anilines is 2. The molecule has 0 saturated carbocycles. The van der Waals surface area contributed by atoms with E-state index in [1.54, 1.807) is 6.07 Å². The van der Waals surface area contributed by atoms with Gasteiger partial charge >= 0.3 is 0 Å². The summed E-state index contributed by atoms with van der Waals surface area (Å²) < 4.78 is 13.8. The molecule has 0 fully saturated rings. The summed E-state index contributed by atoms with van der Waals surface area (Å²) >= 11 is 1.45. The second-order valence-electron chi connectivity index (χ2n) is 5.68. The predicted molar refractivity (Wildman–Crippen MR) is 89.4 cm³/mol. The zero-order valence-electron chi connectivity index (χ0n) is 13.0. The smallest absolute Gasteiger partial charge is 0.182 e. The topological polar surface area (TPSA) is 42.1 Å². The Bertz CT molecular complexity index is 622. The van der Waals surface area contributed by atoms with Crippen molar-refractivity contribution < 1.29 is 4.39 Å². The Morgan fingerprint density at radius 2 is 2.05 bits per heavy atom. The van der Waals surface area contributed by atoms with Crippen LogP contribution in [0.1, 0.15) is 26.3 Å². The highest BCUT2D eigenvalue weighted by molar-refractivity contribution is 7.19. The van der Waals surface area contributed by atoms with Crippen LogP contribution < -0.4 is 10.6 Å². The lowest BCUT2D eigenvalue weighted by molar-refractivity contribution is 0.626. The predicted octanol–water partition coefficient (Wildman–Crippen LogP) is 4.19. The molecular weight excluding hydrogens is 285 g/mol. The van der Waals surface area contributed by atoms with E-state index in [0.717, 1.165) is 34.8 Å². The summed E-state index contributed by atoms with van der Waals surface area (Å²) in [7, 11) is 2.02. The van der Waals surface area contributed by atoms with Crippen LogP contribution in [0.4, 0.5) is 14.5 Å². The van der Waals surface area contributed by atoms with Gasteiger partial charge in [0.2, 0.25) is 0 Å². The van der Waals surface area contributed by atoms with E-state index in [9.17, 15) is 4.39 Å². The van der Waals surface area contributed by atoms with Crippen molar-refractivity contribution in [2.45, 2.75) is 27.2 Å². The Hall–Kier alpha value is -1.62. The van der Waals surface area contributed by atoms with Gasteiger partial charge in [0.1, 0.15) is 16.5 Å². The van der Waals surface area contributed by atoms with E-state index in [0.29, 0.717) is 11.0 Å². The molecule has 21 heavy (non-hydrogen) atoms. The molecule has 0 radical (unpaired) electrons. The molecule has 2 rings (SSSR count). The largest absolute Gasteiger partial charge is 0.375 e. The molecule has 5 heteroatoms. The van der Waals surface area contributed by atoms with Crippen LogP contribution in [0.3, 0.4) is 0 Å². The average Bonchev–Trinajstić information content (AvgIpc) is 2.79. The first-order chi connectivity index (χ1) is 9.90. The molecule has 0 atom stereocenters. The van der Waals surface area contributed by atoms with Crippen LogP contribution in [-0.2, 0) is 6.42 Å². The number of rotatable bonds is 5. The summed E-state index contributed by atoms with van der Waals surface area (Å²) in [6.07, 6.45) is 0.793. The average molecular weight is 307 g/mol. The van der Waals surface area contributed by atoms with Gasteiger partial charge in [0.25, 0.3) is 0 Å². The fourth-order valence-corrected chi connectivity index (χ4v) is 3.22. The molecule has 0 aliphatic heterocycles. The summed E-state index contributed by atoms with van der Waals surface area (Å²) in [6.45, 7) is 7.25. The number of hydrogen-bond donors (Lipinski definition) is 1. The molecule has 3 nitrogen and oxygen atoms in total. The zero-order chi connectivity index (χ0) is 15.6. The van der Waals surface area contributed by atoms with Gasteiger partial charge in [0.15, 0.2) is 5.13 Å². The third-order valence-electron chi connectivity index (χ3n) is 3.25. The molecule has 0 amide bonds. The molecule has 114 valence electrons. The molecular formula is C16H22FN3S. The van der Waals surface area contributed by atoms with E-state index in [2.05, 4.69) is 23.7 Å². The zero-order valence-corrected chi connectivity index (χ0v) is 13.8. The SMILES string of the molecule is CCc1cc(F)cc(-c2nc(N)sc2N(C)CC(C)C)c1. The van der Waals surface area contributed by atoms with E-state index in [1.807, 2.05) is 20.0 Å². The molecule has 0 saturated heterocycles. The summed E-state index contributed by atoms with van der Waals surface area (Å²) in [5.74, 6) is 0.304. The van der Waals surface area contributed by atoms with Crippen molar-refractivity contribution >= 4 is 21.5 Å². The molecule has 1 aromatic heterocycles. The fraction of sp³-hybridized carbons (Fsp3) is 0.438. The maximum Gasteiger partial charge on any atom is 0.182 e. The normalized spacial score (nSPS) is 11.1. The highest BCUT2D eigenvalue weighted by Crippen LogP contribution is 2.37. The summed E-state index contributed by atoms with van der Waals surface area (Å²) in [6, 6.07) is 5.08. The van der Waals surface area contributed by atoms with Crippen LogP contribution in [-0.4, -0.2) is 18.6 Å². The van der Waals surface area contributed by atoms with Gasteiger partial charge in [-0.25, -0.2) is 9.37 Å². The lowest BCUT2D eigenvalue weighted by atomic mass is 10.1. The minimum atomic E-state index is -0.228. The van der Waals surface area contributed by atoms with Crippen molar-refractivity contribution in [1.82, 2.24) is 4.98 Å². The number of nitrogens with two attached hydrogens (primary N) is 1. The molecule has 0 aliphatic carbocycles. The van der Waals surface area contributed by atoms with E-state index < -0.39 is 0 Å². The molecule has 2 aromatic rings. The van der Waals surface area contributed by atoms with Gasteiger partial charge in [-0.15, -0.1) is 0 Å². The van der Waals surface area contributed by atoms with Crippen molar-refractivity contribution in [1.29, 1.82) is 0 Å². The molecule has 2 N–H and O–H groups in total. The number of halogens is 1. The minimum absolute atomic E-state index is 0.228. The Morgan fingerprint density at radius 3 is 2.67 bits per heavy atom. The van der Waals surface area contributed by atoms with Crippen molar-refractivity contribution in [3.63, 3.8) is 0 Å². The molecule has 0 spiro atoms. The monoisotopic (exact) mass is 307 g/mol. The second kappa shape index (κ2) is 6.43. The Balaban J connectivity index is 2.46. The number of aryl methyl sites for hydroxylation is 1. The fourth-order valence-electron chi connectivity index (χ4n) is 2.40. The van der Waals surface area contributed by atoms with Gasteiger partial charge in [0, 0.05) is 19.2 Å². The third-order valence-corrected chi connectivity index (χ3v) is 4.25. The van der Waals surface area contributed by atoms with Crippen LogP contribution in [0.2, 0.25) is 0 Å². The van der Waals surface area contributed by atoms with Gasteiger partial charge in [0.05, 0.1) is 0 Å². The highest BCUT2D eigenvalue weighted by Gasteiger charge is 2.17. The maximum atomic E-state index is 13.8. The molecule has 1 aromatic carbocycles. The van der Waals surface area contributed by atoms with E-state index in [1.165, 1.54) is 17.4 Å². The molecule has 0 bridgehead atoms. The Kier molecular flexibility index (Phi) is 4.83. The van der Waals surface area contributed by atoms with Crippen LogP contribution in [0.15, 0.2) is 18.2 Å². The first-order valence-electron chi connectivity index (χ1n) is 7.18. The minimum Gasteiger partial charge on any atom is -0.375 e. The van der Waals surface area contributed by atoms with Crippen molar-refractivity contribution in [3.8, 4) is 11.3 Å². The Labute approximate surface area is 129 Å². The van der Waals surface area contributed by atoms with Crippen LogP contribution >= 0.6 is 11.3 Å². The maximum absolute atomic E-state index is 13.8. The van der Waals surface area contributed by atoms with Gasteiger partial charge in [-0.3, -0.25) is 0 Å². The van der Waals surface area contributed by atoms with Crippen molar-refractivity contribution in [2.75, 3.05) is 24.2 Å². The molecule has 1 heterocycles. The first-order valence-corrected chi connectivity index (χ1v) is 7.99. The highest BCUT2D eigenvalue weighted by atomic mass is 32.1. The van der Waals surface area contributed by atoms with Crippen molar-refractivity contribution in [2.24, 2.45) is 5.92 Å². The second-order valence-corrected chi connectivity index (χ2v) is 6.69. The van der Waals surface area contributed by atoms with Crippen molar-refractivity contribution in [3.05, 3.63) is 29.6 Å². The van der Waals surface area contributed by atoms with Gasteiger partial charge < -0.3 is 10.6 Å². The lowest BCUT2D eigenvalue weighted by Crippen LogP contribution is -2.22. The van der Waals surface area contributed by atoms with Gasteiger partial charge in [-0.1, -0.05) is 32.1 Å². The molecule has 0 unspecified atom stereocenters. The van der Waals surface area contributed by atoms with Gasteiger partial charge in [-0.2, -0.15) is 0 Å². The number of aromatic nitrogens is 1. The number of benzene rings is 1.